The zero-order valence-corrected chi connectivity index (χ0v) is 15.9. The molecule has 1 amide bonds. The van der Waals surface area contributed by atoms with E-state index in [0.29, 0.717) is 22.8 Å². The molecule has 0 unspecified atom stereocenters. The van der Waals surface area contributed by atoms with Crippen LogP contribution in [0.3, 0.4) is 0 Å². The lowest BCUT2D eigenvalue weighted by molar-refractivity contribution is -0.139. The second-order valence-corrected chi connectivity index (χ2v) is 6.20. The summed E-state index contributed by atoms with van der Waals surface area (Å²) in [6.07, 6.45) is 0.155. The Bertz CT molecular complexity index is 999. The highest BCUT2D eigenvalue weighted by Gasteiger charge is 2.23. The molecule has 0 bridgehead atoms. The first-order chi connectivity index (χ1) is 14.0. The highest BCUT2D eigenvalue weighted by Crippen LogP contribution is 2.32. The summed E-state index contributed by atoms with van der Waals surface area (Å²) in [7, 11) is 3.04. The maximum Gasteiger partial charge on any atom is 0.326 e. The first-order valence-corrected chi connectivity index (χ1v) is 8.78. The number of benzene rings is 2. The average Bonchev–Trinajstić information content (AvgIpc) is 3.23. The van der Waals surface area contributed by atoms with Gasteiger partial charge in [-0.2, -0.15) is 0 Å². The van der Waals surface area contributed by atoms with E-state index in [2.05, 4.69) is 10.5 Å². The van der Waals surface area contributed by atoms with Crippen molar-refractivity contribution in [2.24, 2.45) is 0 Å². The third-order valence-electron chi connectivity index (χ3n) is 4.30. The van der Waals surface area contributed by atoms with Crippen LogP contribution in [-0.2, 0) is 11.2 Å². The molecule has 0 aliphatic rings. The molecule has 150 valence electrons. The largest absolute Gasteiger partial charge is 0.493 e. The van der Waals surface area contributed by atoms with Crippen molar-refractivity contribution in [2.75, 3.05) is 14.2 Å². The lowest BCUT2D eigenvalue weighted by Gasteiger charge is -2.13. The van der Waals surface area contributed by atoms with Crippen molar-refractivity contribution in [2.45, 2.75) is 12.5 Å². The second kappa shape index (κ2) is 8.92. The Hall–Kier alpha value is -3.81. The number of rotatable bonds is 8. The number of aromatic nitrogens is 1. The van der Waals surface area contributed by atoms with Crippen molar-refractivity contribution in [1.82, 2.24) is 10.5 Å². The van der Waals surface area contributed by atoms with Crippen molar-refractivity contribution < 1.29 is 28.7 Å². The van der Waals surface area contributed by atoms with Gasteiger partial charge >= 0.3 is 5.97 Å². The Morgan fingerprint density at radius 3 is 2.45 bits per heavy atom. The van der Waals surface area contributed by atoms with E-state index in [0.717, 1.165) is 5.56 Å². The molecule has 0 saturated carbocycles. The standard InChI is InChI=1S/C21H20N2O6/c1-27-17-9-8-14(11-19(17)28-2)18-12-15(23-29-18)20(24)22-16(21(25)26)10-13-6-4-3-5-7-13/h3-9,11-12,16H,10H2,1-2H3,(H,22,24)(H,25,26)/t16-/m0/s1. The van der Waals surface area contributed by atoms with Gasteiger partial charge in [-0.05, 0) is 23.8 Å². The fraction of sp³-hybridized carbons (Fsp3) is 0.190. The summed E-state index contributed by atoms with van der Waals surface area (Å²) in [6, 6.07) is 14.5. The SMILES string of the molecule is COc1ccc(-c2cc(C(=O)N[C@@H](Cc3ccccc3)C(=O)O)no2)cc1OC. The van der Waals surface area contributed by atoms with E-state index in [1.165, 1.54) is 20.3 Å². The number of hydrogen-bond donors (Lipinski definition) is 2. The van der Waals surface area contributed by atoms with E-state index in [4.69, 9.17) is 14.0 Å². The van der Waals surface area contributed by atoms with Crippen LogP contribution < -0.4 is 14.8 Å². The van der Waals surface area contributed by atoms with Gasteiger partial charge in [0.1, 0.15) is 6.04 Å². The number of nitrogens with one attached hydrogen (secondary N) is 1. The normalized spacial score (nSPS) is 11.5. The predicted octanol–water partition coefficient (Wildman–Crippen LogP) is 2.78. The molecule has 8 heteroatoms. The number of carbonyl (C=O) groups excluding carboxylic acids is 1. The molecule has 0 radical (unpaired) electrons. The molecule has 8 nitrogen and oxygen atoms in total. The Morgan fingerprint density at radius 1 is 1.07 bits per heavy atom. The van der Waals surface area contributed by atoms with E-state index < -0.39 is 17.9 Å². The highest BCUT2D eigenvalue weighted by atomic mass is 16.5. The Labute approximate surface area is 167 Å². The van der Waals surface area contributed by atoms with Gasteiger partial charge in [0, 0.05) is 18.1 Å². The van der Waals surface area contributed by atoms with Crippen molar-refractivity contribution >= 4 is 11.9 Å². The number of hydrogen-bond acceptors (Lipinski definition) is 6. The minimum atomic E-state index is -1.13. The molecule has 0 aliphatic heterocycles. The average molecular weight is 396 g/mol. The summed E-state index contributed by atoms with van der Waals surface area (Å²) < 4.78 is 15.7. The Morgan fingerprint density at radius 2 is 1.79 bits per heavy atom. The molecule has 2 N–H and O–H groups in total. The molecular formula is C21H20N2O6. The van der Waals surface area contributed by atoms with E-state index in [-0.39, 0.29) is 12.1 Å². The Kier molecular flexibility index (Phi) is 6.13. The number of nitrogens with zero attached hydrogens (tertiary/aromatic N) is 1. The number of amides is 1. The van der Waals surface area contributed by atoms with Crippen molar-refractivity contribution in [3.63, 3.8) is 0 Å². The van der Waals surface area contributed by atoms with Crippen LogP contribution in [0, 0.1) is 0 Å². The van der Waals surface area contributed by atoms with Gasteiger partial charge in [-0.15, -0.1) is 0 Å². The molecule has 0 aliphatic carbocycles. The van der Waals surface area contributed by atoms with Crippen LogP contribution in [-0.4, -0.2) is 42.4 Å². The summed E-state index contributed by atoms with van der Waals surface area (Å²) in [4.78, 5) is 24.0. The van der Waals surface area contributed by atoms with Gasteiger partial charge in [-0.3, -0.25) is 4.79 Å². The number of methoxy groups -OCH3 is 2. The Balaban J connectivity index is 1.75. The van der Waals surface area contributed by atoms with Gasteiger partial charge in [0.2, 0.25) is 0 Å². The van der Waals surface area contributed by atoms with Crippen molar-refractivity contribution in [3.05, 3.63) is 65.9 Å². The lowest BCUT2D eigenvalue weighted by Crippen LogP contribution is -2.42. The third kappa shape index (κ3) is 4.73. The smallest absolute Gasteiger partial charge is 0.326 e. The molecule has 1 aromatic heterocycles. The van der Waals surface area contributed by atoms with E-state index in [1.807, 2.05) is 18.2 Å². The van der Waals surface area contributed by atoms with Gasteiger partial charge in [-0.1, -0.05) is 35.5 Å². The molecule has 1 atom stereocenters. The van der Waals surface area contributed by atoms with Gasteiger partial charge in [0.25, 0.3) is 5.91 Å². The van der Waals surface area contributed by atoms with Crippen molar-refractivity contribution in [1.29, 1.82) is 0 Å². The zero-order chi connectivity index (χ0) is 20.8. The fourth-order valence-electron chi connectivity index (χ4n) is 2.79. The molecule has 0 spiro atoms. The third-order valence-corrected chi connectivity index (χ3v) is 4.30. The van der Waals surface area contributed by atoms with Crippen LogP contribution >= 0.6 is 0 Å². The minimum absolute atomic E-state index is 0.0194. The summed E-state index contributed by atoms with van der Waals surface area (Å²) >= 11 is 0. The van der Waals surface area contributed by atoms with Crippen LogP contribution in [0.15, 0.2) is 59.1 Å². The maximum atomic E-state index is 12.5. The fourth-order valence-corrected chi connectivity index (χ4v) is 2.79. The second-order valence-electron chi connectivity index (χ2n) is 6.20. The molecule has 1 heterocycles. The first-order valence-electron chi connectivity index (χ1n) is 8.78. The summed E-state index contributed by atoms with van der Waals surface area (Å²) in [6.45, 7) is 0. The van der Waals surface area contributed by atoms with Crippen LogP contribution in [0.25, 0.3) is 11.3 Å². The number of ether oxygens (including phenoxy) is 2. The lowest BCUT2D eigenvalue weighted by atomic mass is 10.1. The van der Waals surface area contributed by atoms with Gasteiger partial charge in [-0.25, -0.2) is 4.79 Å². The zero-order valence-electron chi connectivity index (χ0n) is 15.9. The quantitative estimate of drug-likeness (QED) is 0.602. The molecule has 3 rings (SSSR count). The predicted molar refractivity (Wildman–Crippen MR) is 104 cm³/mol. The van der Waals surface area contributed by atoms with Gasteiger partial charge in [0.05, 0.1) is 14.2 Å². The molecule has 3 aromatic rings. The summed E-state index contributed by atoms with van der Waals surface area (Å²) in [5.41, 5.74) is 1.41. The highest BCUT2D eigenvalue weighted by molar-refractivity contribution is 5.95. The van der Waals surface area contributed by atoms with E-state index in [9.17, 15) is 14.7 Å². The van der Waals surface area contributed by atoms with Crippen molar-refractivity contribution in [3.8, 4) is 22.8 Å². The molecular weight excluding hydrogens is 376 g/mol. The number of aliphatic carboxylic acids is 1. The summed E-state index contributed by atoms with van der Waals surface area (Å²) in [5, 5.41) is 15.7. The molecule has 2 aromatic carbocycles. The van der Waals surface area contributed by atoms with E-state index >= 15 is 0 Å². The van der Waals surface area contributed by atoms with Crippen LogP contribution in [0.5, 0.6) is 11.5 Å². The van der Waals surface area contributed by atoms with E-state index in [1.54, 1.807) is 30.3 Å². The topological polar surface area (TPSA) is 111 Å². The minimum Gasteiger partial charge on any atom is -0.493 e. The maximum absolute atomic E-state index is 12.5. The van der Waals surface area contributed by atoms with Crippen LogP contribution in [0.4, 0.5) is 0 Å². The van der Waals surface area contributed by atoms with Crippen LogP contribution in [0.2, 0.25) is 0 Å². The summed E-state index contributed by atoms with van der Waals surface area (Å²) in [5.74, 6) is -0.374. The molecule has 0 saturated heterocycles. The number of carboxylic acids is 1. The first kappa shape index (κ1) is 19.9. The number of carboxylic acid groups (broad SMARTS) is 1. The molecule has 29 heavy (non-hydrogen) atoms. The van der Waals surface area contributed by atoms with Crippen LogP contribution in [0.1, 0.15) is 16.1 Å². The monoisotopic (exact) mass is 396 g/mol. The van der Waals surface area contributed by atoms with Gasteiger partial charge < -0.3 is 24.4 Å². The van der Waals surface area contributed by atoms with Gasteiger partial charge in [0.15, 0.2) is 23.0 Å². The molecule has 0 fully saturated rings. The number of carbonyl (C=O) groups is 2.